The summed E-state index contributed by atoms with van der Waals surface area (Å²) in [5, 5.41) is 0.302. The van der Waals surface area contributed by atoms with Crippen molar-refractivity contribution in [2.75, 3.05) is 24.7 Å². The summed E-state index contributed by atoms with van der Waals surface area (Å²) >= 11 is 10.5. The van der Waals surface area contributed by atoms with Gasteiger partial charge in [-0.3, -0.25) is 4.72 Å². The van der Waals surface area contributed by atoms with E-state index in [0.29, 0.717) is 10.8 Å². The fourth-order valence-corrected chi connectivity index (χ4v) is 2.97. The summed E-state index contributed by atoms with van der Waals surface area (Å²) in [5.41, 5.74) is 5.41. The van der Waals surface area contributed by atoms with E-state index in [2.05, 4.69) is 16.9 Å². The van der Waals surface area contributed by atoms with Crippen LogP contribution in [0, 0.1) is 0 Å². The molecule has 0 heterocycles. The number of thiocarbonyl (C=S) groups is 1. The van der Waals surface area contributed by atoms with Crippen molar-refractivity contribution in [2.24, 2.45) is 5.73 Å². The van der Waals surface area contributed by atoms with E-state index in [-0.39, 0.29) is 16.4 Å². The maximum absolute atomic E-state index is 11.8. The number of hydrogen-bond acceptors (Lipinski definition) is 5. The van der Waals surface area contributed by atoms with Crippen molar-refractivity contribution >= 4 is 44.5 Å². The van der Waals surface area contributed by atoms with E-state index in [1.54, 1.807) is 0 Å². The van der Waals surface area contributed by atoms with E-state index in [1.165, 1.54) is 26.4 Å². The third-order valence-corrected chi connectivity index (χ3v) is 3.92. The second-order valence-corrected chi connectivity index (χ2v) is 6.17. The fraction of sp³-hybridized carbons (Fsp3) is 0.300. The molecule has 106 valence electrons. The van der Waals surface area contributed by atoms with Gasteiger partial charge >= 0.3 is 0 Å². The lowest BCUT2D eigenvalue weighted by molar-refractivity contribution is 0.405. The molecule has 0 unspecified atom stereocenters. The Labute approximate surface area is 121 Å². The van der Waals surface area contributed by atoms with Gasteiger partial charge in [-0.25, -0.2) is 8.42 Å². The second-order valence-electron chi connectivity index (χ2n) is 3.51. The predicted molar refractivity (Wildman–Crippen MR) is 78.8 cm³/mol. The van der Waals surface area contributed by atoms with Gasteiger partial charge in [-0.15, -0.1) is 0 Å². The van der Waals surface area contributed by atoms with Crippen LogP contribution in [-0.2, 0) is 10.0 Å². The second kappa shape index (κ2) is 6.27. The first kappa shape index (κ1) is 15.8. The highest BCUT2D eigenvalue weighted by atomic mass is 35.5. The summed E-state index contributed by atoms with van der Waals surface area (Å²) in [7, 11) is -0.889. The number of ether oxygens (including phenoxy) is 2. The van der Waals surface area contributed by atoms with Crippen LogP contribution in [0.2, 0.25) is 5.02 Å². The first-order chi connectivity index (χ1) is 8.79. The van der Waals surface area contributed by atoms with Crippen molar-refractivity contribution in [3.05, 3.63) is 17.2 Å². The van der Waals surface area contributed by atoms with Crippen molar-refractivity contribution in [2.45, 2.75) is 0 Å². The zero-order valence-electron chi connectivity index (χ0n) is 10.3. The van der Waals surface area contributed by atoms with Crippen LogP contribution in [0.25, 0.3) is 0 Å². The van der Waals surface area contributed by atoms with Crippen molar-refractivity contribution < 1.29 is 17.9 Å². The van der Waals surface area contributed by atoms with E-state index >= 15 is 0 Å². The molecule has 19 heavy (non-hydrogen) atoms. The SMILES string of the molecule is COc1cc(NS(=O)(=O)CC(N)=S)c(OC)cc1Cl. The summed E-state index contributed by atoms with van der Waals surface area (Å²) in [6.07, 6.45) is 0. The monoisotopic (exact) mass is 324 g/mol. The maximum Gasteiger partial charge on any atom is 0.239 e. The van der Waals surface area contributed by atoms with Crippen LogP contribution in [0.1, 0.15) is 0 Å². The Balaban J connectivity index is 3.16. The van der Waals surface area contributed by atoms with Crippen molar-refractivity contribution in [3.63, 3.8) is 0 Å². The molecule has 1 rings (SSSR count). The third-order valence-electron chi connectivity index (χ3n) is 2.07. The minimum atomic E-state index is -3.70. The number of rotatable bonds is 6. The Bertz CT molecular complexity index is 589. The van der Waals surface area contributed by atoms with Gasteiger partial charge in [-0.2, -0.15) is 0 Å². The molecular formula is C10H13ClN2O4S2. The summed E-state index contributed by atoms with van der Waals surface area (Å²) in [5.74, 6) is 0.115. The van der Waals surface area contributed by atoms with Crippen LogP contribution in [0.4, 0.5) is 5.69 Å². The predicted octanol–water partition coefficient (Wildman–Crippen LogP) is 1.39. The minimum absolute atomic E-state index is 0.132. The molecule has 9 heteroatoms. The van der Waals surface area contributed by atoms with Gasteiger partial charge in [0.2, 0.25) is 10.0 Å². The fourth-order valence-electron chi connectivity index (χ4n) is 1.33. The molecule has 0 atom stereocenters. The average Bonchev–Trinajstić information content (AvgIpc) is 2.28. The Kier molecular flexibility index (Phi) is 5.21. The van der Waals surface area contributed by atoms with Crippen molar-refractivity contribution in [1.29, 1.82) is 0 Å². The quantitative estimate of drug-likeness (QED) is 0.768. The van der Waals surface area contributed by atoms with E-state index < -0.39 is 15.8 Å². The van der Waals surface area contributed by atoms with E-state index in [0.717, 1.165) is 0 Å². The van der Waals surface area contributed by atoms with E-state index in [9.17, 15) is 8.42 Å². The standard InChI is InChI=1S/C10H13ClN2O4S2/c1-16-8-4-7(9(17-2)3-6(8)11)13-19(14,15)5-10(12)18/h3-4,13H,5H2,1-2H3,(H2,12,18). The van der Waals surface area contributed by atoms with E-state index in [4.69, 9.17) is 26.8 Å². The van der Waals surface area contributed by atoms with Gasteiger partial charge in [0, 0.05) is 12.1 Å². The molecule has 6 nitrogen and oxygen atoms in total. The van der Waals surface area contributed by atoms with Crippen LogP contribution in [0.15, 0.2) is 12.1 Å². The summed E-state index contributed by atoms with van der Waals surface area (Å²) < 4.78 is 35.9. The molecule has 0 radical (unpaired) electrons. The number of hydrogen-bond donors (Lipinski definition) is 2. The lowest BCUT2D eigenvalue weighted by Gasteiger charge is -2.13. The number of nitrogens with one attached hydrogen (secondary N) is 1. The van der Waals surface area contributed by atoms with Crippen LogP contribution >= 0.6 is 23.8 Å². The zero-order chi connectivity index (χ0) is 14.6. The highest BCUT2D eigenvalue weighted by Crippen LogP contribution is 2.36. The molecule has 3 N–H and O–H groups in total. The van der Waals surface area contributed by atoms with Crippen LogP contribution in [0.5, 0.6) is 11.5 Å². The smallest absolute Gasteiger partial charge is 0.239 e. The molecule has 0 amide bonds. The maximum atomic E-state index is 11.8. The van der Waals surface area contributed by atoms with Gasteiger partial charge in [0.25, 0.3) is 0 Å². The highest BCUT2D eigenvalue weighted by Gasteiger charge is 2.17. The number of anilines is 1. The van der Waals surface area contributed by atoms with Gasteiger partial charge in [-0.05, 0) is 0 Å². The normalized spacial score (nSPS) is 10.9. The molecule has 0 aliphatic heterocycles. The molecule has 0 aliphatic rings. The molecule has 1 aromatic rings. The van der Waals surface area contributed by atoms with Gasteiger partial charge < -0.3 is 15.2 Å². The van der Waals surface area contributed by atoms with Gasteiger partial charge in [0.05, 0.1) is 29.9 Å². The first-order valence-electron chi connectivity index (χ1n) is 4.99. The molecular weight excluding hydrogens is 312 g/mol. The summed E-state index contributed by atoms with van der Waals surface area (Å²) in [6.45, 7) is 0. The summed E-state index contributed by atoms with van der Waals surface area (Å²) in [6, 6.07) is 2.86. The zero-order valence-corrected chi connectivity index (χ0v) is 12.7. The van der Waals surface area contributed by atoms with Gasteiger partial charge in [0.1, 0.15) is 17.3 Å². The summed E-state index contributed by atoms with van der Waals surface area (Å²) in [4.78, 5) is -0.132. The lowest BCUT2D eigenvalue weighted by Crippen LogP contribution is -2.26. The van der Waals surface area contributed by atoms with Crippen LogP contribution in [0.3, 0.4) is 0 Å². The van der Waals surface area contributed by atoms with Crippen molar-refractivity contribution in [1.82, 2.24) is 0 Å². The van der Waals surface area contributed by atoms with Crippen LogP contribution < -0.4 is 19.9 Å². The Hall–Kier alpha value is -1.25. The highest BCUT2D eigenvalue weighted by molar-refractivity contribution is 7.95. The number of methoxy groups -OCH3 is 2. The Morgan fingerprint density at radius 2 is 1.95 bits per heavy atom. The largest absolute Gasteiger partial charge is 0.495 e. The molecule has 0 saturated heterocycles. The van der Waals surface area contributed by atoms with Gasteiger partial charge in [0.15, 0.2) is 0 Å². The molecule has 0 bridgehead atoms. The first-order valence-corrected chi connectivity index (χ1v) is 7.43. The molecule has 1 aromatic carbocycles. The lowest BCUT2D eigenvalue weighted by atomic mass is 10.3. The van der Waals surface area contributed by atoms with E-state index in [1.807, 2.05) is 0 Å². The molecule has 0 aromatic heterocycles. The number of benzene rings is 1. The average molecular weight is 325 g/mol. The molecule has 0 saturated carbocycles. The number of sulfonamides is 1. The molecule has 0 spiro atoms. The third kappa shape index (κ3) is 4.41. The minimum Gasteiger partial charge on any atom is -0.495 e. The molecule has 0 aliphatic carbocycles. The topological polar surface area (TPSA) is 90.7 Å². The van der Waals surface area contributed by atoms with Crippen molar-refractivity contribution in [3.8, 4) is 11.5 Å². The van der Waals surface area contributed by atoms with Crippen LogP contribution in [-0.4, -0.2) is 33.4 Å². The Morgan fingerprint density at radius 1 is 1.37 bits per heavy atom. The van der Waals surface area contributed by atoms with Gasteiger partial charge in [-0.1, -0.05) is 23.8 Å². The number of nitrogens with two attached hydrogens (primary N) is 1. The molecule has 0 fully saturated rings. The Morgan fingerprint density at radius 3 is 2.42 bits per heavy atom. The number of halogens is 1.